The predicted molar refractivity (Wildman–Crippen MR) is 50.6 cm³/mol. The summed E-state index contributed by atoms with van der Waals surface area (Å²) in [7, 11) is 0. The molecule has 68 valence electrons. The van der Waals surface area contributed by atoms with Crippen LogP contribution in [-0.4, -0.2) is 6.61 Å². The number of aryl methyl sites for hydroxylation is 2. The van der Waals surface area contributed by atoms with Crippen LogP contribution in [0.1, 0.15) is 11.1 Å². The van der Waals surface area contributed by atoms with E-state index in [1.165, 1.54) is 11.1 Å². The fourth-order valence-corrected chi connectivity index (χ4v) is 1.24. The molecular weight excluding hydrogens is 164 g/mol. The van der Waals surface area contributed by atoms with Crippen LogP contribution in [0.25, 0.3) is 0 Å². The Kier molecular flexibility index (Phi) is 1.97. The minimum absolute atomic E-state index is 0.713. The van der Waals surface area contributed by atoms with E-state index in [9.17, 15) is 0 Å². The number of ether oxygens (including phenoxy) is 2. The highest BCUT2D eigenvalue weighted by Gasteiger charge is 2.12. The number of benzene rings is 1. The maximum Gasteiger partial charge on any atom is 0.169 e. The molecule has 0 amide bonds. The van der Waals surface area contributed by atoms with Crippen LogP contribution in [0.2, 0.25) is 0 Å². The minimum atomic E-state index is 0.713. The molecule has 2 rings (SSSR count). The van der Waals surface area contributed by atoms with Gasteiger partial charge in [-0.1, -0.05) is 6.07 Å². The highest BCUT2D eigenvalue weighted by atomic mass is 16.6. The Morgan fingerprint density at radius 2 is 1.85 bits per heavy atom. The van der Waals surface area contributed by atoms with Crippen molar-refractivity contribution < 1.29 is 9.47 Å². The van der Waals surface area contributed by atoms with Crippen molar-refractivity contribution in [2.24, 2.45) is 0 Å². The van der Waals surface area contributed by atoms with Crippen LogP contribution in [0.5, 0.6) is 5.75 Å². The van der Waals surface area contributed by atoms with Gasteiger partial charge in [-0.25, -0.2) is 0 Å². The molecule has 1 aromatic carbocycles. The molecule has 0 aliphatic carbocycles. The van der Waals surface area contributed by atoms with Gasteiger partial charge in [-0.3, -0.25) is 0 Å². The first-order valence-corrected chi connectivity index (χ1v) is 4.31. The zero-order valence-electron chi connectivity index (χ0n) is 7.83. The quantitative estimate of drug-likeness (QED) is 0.510. The Bertz CT molecular complexity index is 327. The third kappa shape index (κ3) is 2.25. The standard InChI is InChI=1S/C11H12O2/c1-8-3-9(2)5-10(4-8)12-6-11-7-13-11/h3-6H,7H2,1-2H3. The summed E-state index contributed by atoms with van der Waals surface area (Å²) in [5, 5.41) is 0. The second-order valence-electron chi connectivity index (χ2n) is 3.31. The van der Waals surface area contributed by atoms with Crippen LogP contribution >= 0.6 is 0 Å². The van der Waals surface area contributed by atoms with E-state index in [-0.39, 0.29) is 0 Å². The predicted octanol–water partition coefficient (Wildman–Crippen LogP) is 2.55. The van der Waals surface area contributed by atoms with E-state index < -0.39 is 0 Å². The summed E-state index contributed by atoms with van der Waals surface area (Å²) < 4.78 is 10.3. The Morgan fingerprint density at radius 1 is 1.23 bits per heavy atom. The van der Waals surface area contributed by atoms with Crippen LogP contribution in [-0.2, 0) is 4.74 Å². The fourth-order valence-electron chi connectivity index (χ4n) is 1.24. The zero-order valence-corrected chi connectivity index (χ0v) is 7.83. The van der Waals surface area contributed by atoms with Gasteiger partial charge in [0.1, 0.15) is 18.6 Å². The molecule has 0 spiro atoms. The second-order valence-corrected chi connectivity index (χ2v) is 3.31. The molecule has 1 heterocycles. The van der Waals surface area contributed by atoms with Crippen molar-refractivity contribution in [3.8, 4) is 5.75 Å². The smallest absolute Gasteiger partial charge is 0.169 e. The zero-order chi connectivity index (χ0) is 9.26. The third-order valence-corrected chi connectivity index (χ3v) is 1.83. The van der Waals surface area contributed by atoms with Gasteiger partial charge >= 0.3 is 0 Å². The molecule has 2 heteroatoms. The molecule has 0 N–H and O–H groups in total. The Hall–Kier alpha value is -1.44. The lowest BCUT2D eigenvalue weighted by molar-refractivity contribution is 0.449. The Morgan fingerprint density at radius 3 is 2.38 bits per heavy atom. The largest absolute Gasteiger partial charge is 0.483 e. The molecule has 13 heavy (non-hydrogen) atoms. The lowest BCUT2D eigenvalue weighted by Crippen LogP contribution is -1.84. The molecule has 0 radical (unpaired) electrons. The van der Waals surface area contributed by atoms with Gasteiger partial charge in [0.2, 0.25) is 0 Å². The molecule has 1 saturated heterocycles. The Labute approximate surface area is 77.8 Å². The van der Waals surface area contributed by atoms with Gasteiger partial charge in [0, 0.05) is 0 Å². The van der Waals surface area contributed by atoms with Gasteiger partial charge in [0.05, 0.1) is 0 Å². The van der Waals surface area contributed by atoms with E-state index in [2.05, 4.69) is 19.9 Å². The van der Waals surface area contributed by atoms with Crippen molar-refractivity contribution in [2.45, 2.75) is 13.8 Å². The van der Waals surface area contributed by atoms with Crippen molar-refractivity contribution in [1.82, 2.24) is 0 Å². The normalized spacial score (nSPS) is 16.9. The van der Waals surface area contributed by atoms with Crippen LogP contribution < -0.4 is 4.74 Å². The first-order chi connectivity index (χ1) is 6.24. The summed E-state index contributed by atoms with van der Waals surface area (Å²) in [6.45, 7) is 4.83. The maximum atomic E-state index is 5.40. The summed E-state index contributed by atoms with van der Waals surface area (Å²) in [5.74, 6) is 1.79. The monoisotopic (exact) mass is 176 g/mol. The number of hydrogen-bond donors (Lipinski definition) is 0. The highest BCUT2D eigenvalue weighted by molar-refractivity contribution is 5.33. The van der Waals surface area contributed by atoms with Crippen LogP contribution in [0.15, 0.2) is 30.2 Å². The molecule has 1 aliphatic rings. The average molecular weight is 176 g/mol. The molecule has 0 bridgehead atoms. The second kappa shape index (κ2) is 3.13. The van der Waals surface area contributed by atoms with Crippen molar-refractivity contribution in [3.63, 3.8) is 0 Å². The van der Waals surface area contributed by atoms with Gasteiger partial charge in [-0.15, -0.1) is 0 Å². The molecule has 0 atom stereocenters. The minimum Gasteiger partial charge on any atom is -0.483 e. The van der Waals surface area contributed by atoms with E-state index in [1.807, 2.05) is 12.1 Å². The van der Waals surface area contributed by atoms with E-state index in [4.69, 9.17) is 9.47 Å². The van der Waals surface area contributed by atoms with Crippen LogP contribution in [0.3, 0.4) is 0 Å². The van der Waals surface area contributed by atoms with Crippen LogP contribution in [0.4, 0.5) is 0 Å². The topological polar surface area (TPSA) is 21.8 Å². The van der Waals surface area contributed by atoms with E-state index in [0.29, 0.717) is 6.61 Å². The number of hydrogen-bond acceptors (Lipinski definition) is 2. The summed E-state index contributed by atoms with van der Waals surface area (Å²) in [4.78, 5) is 0. The summed E-state index contributed by atoms with van der Waals surface area (Å²) in [6, 6.07) is 6.13. The molecule has 0 saturated carbocycles. The SMILES string of the molecule is Cc1cc(C)cc(OC=C2CO2)c1. The number of epoxide rings is 1. The molecule has 1 fully saturated rings. The van der Waals surface area contributed by atoms with E-state index in [0.717, 1.165) is 11.5 Å². The molecule has 2 nitrogen and oxygen atoms in total. The van der Waals surface area contributed by atoms with Gasteiger partial charge < -0.3 is 9.47 Å². The fraction of sp³-hybridized carbons (Fsp3) is 0.273. The van der Waals surface area contributed by atoms with E-state index >= 15 is 0 Å². The van der Waals surface area contributed by atoms with Crippen molar-refractivity contribution in [1.29, 1.82) is 0 Å². The maximum absolute atomic E-state index is 5.40. The summed E-state index contributed by atoms with van der Waals surface area (Å²) in [6.07, 6.45) is 1.66. The van der Waals surface area contributed by atoms with E-state index in [1.54, 1.807) is 6.26 Å². The molecule has 1 aromatic rings. The first kappa shape index (κ1) is 8.17. The summed E-state index contributed by atoms with van der Waals surface area (Å²) >= 11 is 0. The van der Waals surface area contributed by atoms with Crippen LogP contribution in [0, 0.1) is 13.8 Å². The van der Waals surface area contributed by atoms with Crippen molar-refractivity contribution >= 4 is 0 Å². The Balaban J connectivity index is 2.14. The average Bonchev–Trinajstić information content (AvgIpc) is 2.81. The lowest BCUT2D eigenvalue weighted by atomic mass is 10.1. The van der Waals surface area contributed by atoms with Gasteiger partial charge in [0.15, 0.2) is 5.76 Å². The molecule has 0 aromatic heterocycles. The van der Waals surface area contributed by atoms with Gasteiger partial charge in [-0.2, -0.15) is 0 Å². The highest BCUT2D eigenvalue weighted by Crippen LogP contribution is 2.19. The summed E-state index contributed by atoms with van der Waals surface area (Å²) in [5.41, 5.74) is 2.43. The lowest BCUT2D eigenvalue weighted by Gasteiger charge is -2.02. The van der Waals surface area contributed by atoms with Gasteiger partial charge in [0.25, 0.3) is 0 Å². The molecular formula is C11H12O2. The number of rotatable bonds is 2. The van der Waals surface area contributed by atoms with Gasteiger partial charge in [-0.05, 0) is 37.1 Å². The molecule has 1 aliphatic heterocycles. The van der Waals surface area contributed by atoms with Crippen molar-refractivity contribution in [3.05, 3.63) is 41.3 Å². The molecule has 0 unspecified atom stereocenters. The first-order valence-electron chi connectivity index (χ1n) is 4.31. The third-order valence-electron chi connectivity index (χ3n) is 1.83. The van der Waals surface area contributed by atoms with Crippen molar-refractivity contribution in [2.75, 3.05) is 6.61 Å².